The van der Waals surface area contributed by atoms with E-state index in [0.717, 1.165) is 41.4 Å². The van der Waals surface area contributed by atoms with Crippen LogP contribution >= 0.6 is 11.3 Å². The number of thiazole rings is 1. The highest BCUT2D eigenvalue weighted by Crippen LogP contribution is 2.27. The van der Waals surface area contributed by atoms with Crippen LogP contribution in [0.2, 0.25) is 0 Å². The van der Waals surface area contributed by atoms with Crippen LogP contribution in [0.25, 0.3) is 10.3 Å². The predicted octanol–water partition coefficient (Wildman–Crippen LogP) is 1.66. The van der Waals surface area contributed by atoms with Crippen molar-refractivity contribution in [2.75, 3.05) is 51.3 Å². The fraction of sp³-hybridized carbons (Fsp3) is 0.579. The Morgan fingerprint density at radius 2 is 2.14 bits per heavy atom. The number of carbonyl (C=O) groups is 2. The number of carbonyl (C=O) groups excluding carboxylic acids is 2. The van der Waals surface area contributed by atoms with Gasteiger partial charge in [-0.3, -0.25) is 9.59 Å². The van der Waals surface area contributed by atoms with Crippen molar-refractivity contribution in [3.63, 3.8) is 0 Å². The van der Waals surface area contributed by atoms with Gasteiger partial charge in [0.05, 0.1) is 0 Å². The molecule has 0 aliphatic carbocycles. The highest BCUT2D eigenvalue weighted by atomic mass is 32.1. The van der Waals surface area contributed by atoms with Crippen LogP contribution in [-0.2, 0) is 14.3 Å². The highest BCUT2D eigenvalue weighted by molar-refractivity contribution is 7.21. The first-order valence-electron chi connectivity index (χ1n) is 9.67. The maximum absolute atomic E-state index is 12.5. The van der Waals surface area contributed by atoms with E-state index in [0.29, 0.717) is 26.2 Å². The van der Waals surface area contributed by atoms with E-state index >= 15 is 0 Å². The predicted molar refractivity (Wildman–Crippen MR) is 110 cm³/mol. The molecule has 0 unspecified atom stereocenters. The first-order valence-corrected chi connectivity index (χ1v) is 10.5. The van der Waals surface area contributed by atoms with Crippen molar-refractivity contribution in [3.05, 3.63) is 18.3 Å². The lowest BCUT2D eigenvalue weighted by molar-refractivity contribution is -0.133. The van der Waals surface area contributed by atoms with Gasteiger partial charge in [0.1, 0.15) is 10.3 Å². The van der Waals surface area contributed by atoms with Crippen LogP contribution in [0.15, 0.2) is 18.3 Å². The van der Waals surface area contributed by atoms with Crippen LogP contribution in [0.5, 0.6) is 0 Å². The van der Waals surface area contributed by atoms with E-state index in [1.165, 1.54) is 0 Å². The first-order chi connectivity index (χ1) is 13.7. The molecule has 0 saturated carbocycles. The Hall–Kier alpha value is -2.26. The fourth-order valence-corrected chi connectivity index (χ4v) is 4.12. The summed E-state index contributed by atoms with van der Waals surface area (Å²) in [5.74, 6) is -0.0391. The maximum Gasteiger partial charge on any atom is 0.223 e. The molecule has 28 heavy (non-hydrogen) atoms. The Morgan fingerprint density at radius 3 is 2.96 bits per heavy atom. The molecule has 0 bridgehead atoms. The smallest absolute Gasteiger partial charge is 0.223 e. The van der Waals surface area contributed by atoms with E-state index in [1.807, 2.05) is 17.0 Å². The summed E-state index contributed by atoms with van der Waals surface area (Å²) in [5.41, 5.74) is 0.913. The van der Waals surface area contributed by atoms with Crippen molar-refractivity contribution in [2.45, 2.75) is 25.7 Å². The summed E-state index contributed by atoms with van der Waals surface area (Å²) in [5, 5.41) is 3.78. The third-order valence-electron chi connectivity index (χ3n) is 4.69. The molecule has 0 aromatic carbocycles. The molecule has 0 spiro atoms. The number of pyridine rings is 1. The number of aromatic nitrogens is 2. The number of anilines is 1. The number of rotatable bonds is 8. The molecule has 0 atom stereocenters. The monoisotopic (exact) mass is 405 g/mol. The van der Waals surface area contributed by atoms with E-state index in [-0.39, 0.29) is 24.7 Å². The normalized spacial score (nSPS) is 14.9. The number of hydrogen-bond acceptors (Lipinski definition) is 7. The average molecular weight is 406 g/mol. The van der Waals surface area contributed by atoms with Gasteiger partial charge in [0.2, 0.25) is 11.8 Å². The van der Waals surface area contributed by atoms with E-state index in [2.05, 4.69) is 20.2 Å². The topological polar surface area (TPSA) is 87.7 Å². The van der Waals surface area contributed by atoms with Gasteiger partial charge < -0.3 is 19.9 Å². The number of fused-ring (bicyclic) bond motifs is 1. The lowest BCUT2D eigenvalue weighted by Gasteiger charge is -2.21. The molecule has 1 fully saturated rings. The molecule has 1 aliphatic rings. The number of nitrogens with one attached hydrogen (secondary N) is 1. The van der Waals surface area contributed by atoms with Crippen molar-refractivity contribution < 1.29 is 14.3 Å². The summed E-state index contributed by atoms with van der Waals surface area (Å²) in [6.45, 7) is 4.18. The third kappa shape index (κ3) is 5.62. The van der Waals surface area contributed by atoms with E-state index in [4.69, 9.17) is 4.74 Å². The fourth-order valence-electron chi connectivity index (χ4n) is 3.16. The minimum absolute atomic E-state index is 0.0415. The molecule has 9 heteroatoms. The highest BCUT2D eigenvalue weighted by Gasteiger charge is 2.21. The maximum atomic E-state index is 12.5. The van der Waals surface area contributed by atoms with Crippen LogP contribution in [0.3, 0.4) is 0 Å². The van der Waals surface area contributed by atoms with Crippen LogP contribution in [0.1, 0.15) is 25.7 Å². The second-order valence-electron chi connectivity index (χ2n) is 6.74. The van der Waals surface area contributed by atoms with Gasteiger partial charge in [0.25, 0.3) is 0 Å². The summed E-state index contributed by atoms with van der Waals surface area (Å²) in [6, 6.07) is 3.86. The van der Waals surface area contributed by atoms with Crippen molar-refractivity contribution in [2.24, 2.45) is 0 Å². The van der Waals surface area contributed by atoms with Crippen LogP contribution < -0.4 is 10.2 Å². The summed E-state index contributed by atoms with van der Waals surface area (Å²) in [4.78, 5) is 38.4. The average Bonchev–Trinajstić information content (AvgIpc) is 2.98. The second-order valence-corrected chi connectivity index (χ2v) is 7.70. The van der Waals surface area contributed by atoms with Crippen LogP contribution in [-0.4, -0.2) is 73.1 Å². The Balaban J connectivity index is 1.45. The van der Waals surface area contributed by atoms with Crippen LogP contribution in [0.4, 0.5) is 5.13 Å². The van der Waals surface area contributed by atoms with E-state index < -0.39 is 0 Å². The van der Waals surface area contributed by atoms with Crippen molar-refractivity contribution in [3.8, 4) is 0 Å². The van der Waals surface area contributed by atoms with Crippen molar-refractivity contribution in [1.82, 2.24) is 20.2 Å². The number of nitrogens with zero attached hydrogens (tertiary/aromatic N) is 4. The number of hydrogen-bond donors (Lipinski definition) is 1. The lowest BCUT2D eigenvalue weighted by atomic mass is 10.2. The van der Waals surface area contributed by atoms with Gasteiger partial charge in [0.15, 0.2) is 5.13 Å². The molecule has 152 valence electrons. The molecule has 8 nitrogen and oxygen atoms in total. The molecule has 1 N–H and O–H groups in total. The minimum Gasteiger partial charge on any atom is -0.385 e. The van der Waals surface area contributed by atoms with Gasteiger partial charge in [0, 0.05) is 65.5 Å². The molecule has 3 rings (SSSR count). The van der Waals surface area contributed by atoms with E-state index in [1.54, 1.807) is 24.6 Å². The summed E-state index contributed by atoms with van der Waals surface area (Å²) in [7, 11) is 1.64. The van der Waals surface area contributed by atoms with Gasteiger partial charge in [-0.2, -0.15) is 0 Å². The molecule has 2 aromatic rings. The summed E-state index contributed by atoms with van der Waals surface area (Å²) in [6.07, 6.45) is 3.93. The molecular weight excluding hydrogens is 378 g/mol. The van der Waals surface area contributed by atoms with E-state index in [9.17, 15) is 9.59 Å². The summed E-state index contributed by atoms with van der Waals surface area (Å²) < 4.78 is 4.95. The standard InChI is InChI=1S/C19H27N5O3S/c1-27-14-3-9-20-16(25)6-7-17(26)23-10-4-11-24(13-12-23)19-22-15-5-2-8-21-18(15)28-19/h2,5,8H,3-4,6-7,9-14H2,1H3,(H,20,25). The minimum atomic E-state index is -0.0807. The number of amides is 2. The Morgan fingerprint density at radius 1 is 1.25 bits per heavy atom. The number of methoxy groups -OCH3 is 1. The Labute approximate surface area is 168 Å². The molecule has 1 saturated heterocycles. The van der Waals surface area contributed by atoms with Gasteiger partial charge in [-0.15, -0.1) is 0 Å². The quantitative estimate of drug-likeness (QED) is 0.672. The van der Waals surface area contributed by atoms with Crippen molar-refractivity contribution in [1.29, 1.82) is 0 Å². The third-order valence-corrected chi connectivity index (χ3v) is 5.73. The van der Waals surface area contributed by atoms with Gasteiger partial charge in [-0.05, 0) is 25.0 Å². The molecule has 2 aromatic heterocycles. The number of ether oxygens (including phenoxy) is 1. The van der Waals surface area contributed by atoms with Crippen LogP contribution in [0, 0.1) is 0 Å². The first kappa shape index (κ1) is 20.5. The summed E-state index contributed by atoms with van der Waals surface area (Å²) >= 11 is 1.59. The molecule has 3 heterocycles. The molecule has 2 amide bonds. The van der Waals surface area contributed by atoms with Gasteiger partial charge >= 0.3 is 0 Å². The lowest BCUT2D eigenvalue weighted by Crippen LogP contribution is -2.36. The zero-order valence-corrected chi connectivity index (χ0v) is 17.0. The second kappa shape index (κ2) is 10.3. The Bertz CT molecular complexity index is 764. The zero-order chi connectivity index (χ0) is 19.8. The van der Waals surface area contributed by atoms with Gasteiger partial charge in [-0.25, -0.2) is 9.97 Å². The molecule has 1 aliphatic heterocycles. The van der Waals surface area contributed by atoms with Crippen molar-refractivity contribution >= 4 is 38.6 Å². The largest absolute Gasteiger partial charge is 0.385 e. The Kier molecular flexibility index (Phi) is 7.55. The molecule has 0 radical (unpaired) electrons. The SMILES string of the molecule is COCCCNC(=O)CCC(=O)N1CCCN(c2nc3cccnc3s2)CC1. The van der Waals surface area contributed by atoms with Gasteiger partial charge in [-0.1, -0.05) is 11.3 Å². The molecular formula is C19H27N5O3S. The zero-order valence-electron chi connectivity index (χ0n) is 16.2.